The zero-order valence-corrected chi connectivity index (χ0v) is 11.1. The monoisotopic (exact) mass is 259 g/mol. The Labute approximate surface area is 117 Å². The molecule has 0 amide bonds. The van der Waals surface area contributed by atoms with Gasteiger partial charge in [0.15, 0.2) is 0 Å². The molecule has 3 aromatic rings. The molecular weight excluding hydrogens is 246 g/mol. The van der Waals surface area contributed by atoms with Crippen molar-refractivity contribution in [3.05, 3.63) is 71.4 Å². The Hall–Kier alpha value is -2.79. The summed E-state index contributed by atoms with van der Waals surface area (Å²) in [5.74, 6) is 5.45. The highest BCUT2D eigenvalue weighted by Crippen LogP contribution is 2.17. The van der Waals surface area contributed by atoms with Gasteiger partial charge in [0, 0.05) is 22.7 Å². The van der Waals surface area contributed by atoms with E-state index >= 15 is 0 Å². The summed E-state index contributed by atoms with van der Waals surface area (Å²) in [6, 6.07) is 15.5. The highest BCUT2D eigenvalue weighted by atomic mass is 16.1. The van der Waals surface area contributed by atoms with Crippen LogP contribution in [0.5, 0.6) is 0 Å². The second-order valence-corrected chi connectivity index (χ2v) is 4.69. The molecule has 2 aromatic carbocycles. The minimum atomic E-state index is -0.164. The predicted molar refractivity (Wildman–Crippen MR) is 80.7 cm³/mol. The van der Waals surface area contributed by atoms with Crippen LogP contribution in [0.15, 0.2) is 54.7 Å². The maximum absolute atomic E-state index is 12.2. The van der Waals surface area contributed by atoms with Gasteiger partial charge in [-0.3, -0.25) is 4.79 Å². The lowest BCUT2D eigenvalue weighted by Gasteiger charge is -1.92. The van der Waals surface area contributed by atoms with Crippen molar-refractivity contribution in [1.82, 2.24) is 4.98 Å². The SMILES string of the molecule is Cc1ccc(C#CC(=O)c2c[nH]c3ccccc23)cc1. The summed E-state index contributed by atoms with van der Waals surface area (Å²) < 4.78 is 0. The van der Waals surface area contributed by atoms with Gasteiger partial charge in [-0.15, -0.1) is 0 Å². The number of aromatic nitrogens is 1. The first-order valence-corrected chi connectivity index (χ1v) is 6.43. The fraction of sp³-hybridized carbons (Fsp3) is 0.0556. The standard InChI is InChI=1S/C18H13NO/c1-13-6-8-14(9-7-13)10-11-18(20)16-12-19-17-5-3-2-4-15(16)17/h2-9,12,19H,1H3. The summed E-state index contributed by atoms with van der Waals surface area (Å²) in [6.07, 6.45) is 1.72. The number of nitrogens with one attached hydrogen (secondary N) is 1. The van der Waals surface area contributed by atoms with E-state index in [0.717, 1.165) is 16.5 Å². The number of H-pyrrole nitrogens is 1. The molecule has 0 radical (unpaired) electrons. The van der Waals surface area contributed by atoms with Crippen LogP contribution in [0.1, 0.15) is 21.5 Å². The van der Waals surface area contributed by atoms with E-state index in [1.165, 1.54) is 5.56 Å². The summed E-state index contributed by atoms with van der Waals surface area (Å²) >= 11 is 0. The third-order valence-corrected chi connectivity index (χ3v) is 3.21. The van der Waals surface area contributed by atoms with Crippen molar-refractivity contribution in [3.63, 3.8) is 0 Å². The molecule has 0 spiro atoms. The number of hydrogen-bond donors (Lipinski definition) is 1. The quantitative estimate of drug-likeness (QED) is 0.524. The van der Waals surface area contributed by atoms with E-state index < -0.39 is 0 Å². The first-order valence-electron chi connectivity index (χ1n) is 6.43. The van der Waals surface area contributed by atoms with E-state index in [0.29, 0.717) is 5.56 Å². The van der Waals surface area contributed by atoms with Crippen LogP contribution in [0.2, 0.25) is 0 Å². The maximum Gasteiger partial charge on any atom is 0.238 e. The molecule has 96 valence electrons. The summed E-state index contributed by atoms with van der Waals surface area (Å²) in [5.41, 5.74) is 3.61. The molecule has 0 bridgehead atoms. The number of Topliss-reactive ketones (excluding diaryl/α,β-unsaturated/α-hetero) is 1. The summed E-state index contributed by atoms with van der Waals surface area (Å²) in [5, 5.41) is 0.913. The van der Waals surface area contributed by atoms with E-state index in [4.69, 9.17) is 0 Å². The maximum atomic E-state index is 12.2. The molecule has 2 nitrogen and oxygen atoms in total. The molecular formula is C18H13NO. The number of rotatable bonds is 1. The van der Waals surface area contributed by atoms with Crippen LogP contribution < -0.4 is 0 Å². The lowest BCUT2D eigenvalue weighted by Crippen LogP contribution is -1.93. The third kappa shape index (κ3) is 2.34. The van der Waals surface area contributed by atoms with Crippen LogP contribution >= 0.6 is 0 Å². The number of aromatic amines is 1. The molecule has 0 aliphatic heterocycles. The number of aryl methyl sites for hydroxylation is 1. The second kappa shape index (κ2) is 5.07. The van der Waals surface area contributed by atoms with Crippen molar-refractivity contribution in [2.24, 2.45) is 0 Å². The van der Waals surface area contributed by atoms with Crippen LogP contribution in [-0.4, -0.2) is 10.8 Å². The lowest BCUT2D eigenvalue weighted by atomic mass is 10.1. The van der Waals surface area contributed by atoms with Crippen molar-refractivity contribution in [2.75, 3.05) is 0 Å². The highest BCUT2D eigenvalue weighted by Gasteiger charge is 2.08. The molecule has 0 saturated carbocycles. The Morgan fingerprint density at radius 3 is 2.60 bits per heavy atom. The summed E-state index contributed by atoms with van der Waals surface area (Å²) in [4.78, 5) is 15.3. The van der Waals surface area contributed by atoms with Gasteiger partial charge in [-0.2, -0.15) is 0 Å². The van der Waals surface area contributed by atoms with Crippen LogP contribution in [0.3, 0.4) is 0 Å². The Bertz CT molecular complexity index is 829. The van der Waals surface area contributed by atoms with Crippen LogP contribution in [0.4, 0.5) is 0 Å². The van der Waals surface area contributed by atoms with Gasteiger partial charge in [0.05, 0.1) is 5.56 Å². The normalized spacial score (nSPS) is 10.1. The first-order chi connectivity index (χ1) is 9.74. The number of carbonyl (C=O) groups is 1. The number of benzene rings is 2. The zero-order chi connectivity index (χ0) is 13.9. The largest absolute Gasteiger partial charge is 0.360 e. The highest BCUT2D eigenvalue weighted by molar-refractivity contribution is 6.16. The number of ketones is 1. The number of carbonyl (C=O) groups excluding carboxylic acids is 1. The third-order valence-electron chi connectivity index (χ3n) is 3.21. The average Bonchev–Trinajstić information content (AvgIpc) is 2.90. The Morgan fingerprint density at radius 2 is 1.80 bits per heavy atom. The van der Waals surface area contributed by atoms with Crippen LogP contribution in [0, 0.1) is 18.8 Å². The van der Waals surface area contributed by atoms with Crippen molar-refractivity contribution >= 4 is 16.7 Å². The molecule has 20 heavy (non-hydrogen) atoms. The van der Waals surface area contributed by atoms with Gasteiger partial charge in [0.25, 0.3) is 0 Å². The van der Waals surface area contributed by atoms with E-state index in [-0.39, 0.29) is 5.78 Å². The van der Waals surface area contributed by atoms with Crippen LogP contribution in [-0.2, 0) is 0 Å². The van der Waals surface area contributed by atoms with Crippen molar-refractivity contribution in [1.29, 1.82) is 0 Å². The van der Waals surface area contributed by atoms with Gasteiger partial charge >= 0.3 is 0 Å². The van der Waals surface area contributed by atoms with Gasteiger partial charge in [-0.05, 0) is 31.0 Å². The second-order valence-electron chi connectivity index (χ2n) is 4.69. The minimum Gasteiger partial charge on any atom is -0.360 e. The van der Waals surface area contributed by atoms with Gasteiger partial charge in [0.1, 0.15) is 0 Å². The van der Waals surface area contributed by atoms with E-state index in [1.54, 1.807) is 6.20 Å². The van der Waals surface area contributed by atoms with Gasteiger partial charge in [-0.25, -0.2) is 0 Å². The molecule has 0 fully saturated rings. The lowest BCUT2D eigenvalue weighted by molar-refractivity contribution is 0.105. The smallest absolute Gasteiger partial charge is 0.238 e. The van der Waals surface area contributed by atoms with E-state index in [9.17, 15) is 4.79 Å². The van der Waals surface area contributed by atoms with Crippen molar-refractivity contribution < 1.29 is 4.79 Å². The molecule has 0 atom stereocenters. The number of fused-ring (bicyclic) bond motifs is 1. The molecule has 2 heteroatoms. The summed E-state index contributed by atoms with van der Waals surface area (Å²) in [7, 11) is 0. The molecule has 0 saturated heterocycles. The van der Waals surface area contributed by atoms with Crippen molar-refractivity contribution in [3.8, 4) is 11.8 Å². The predicted octanol–water partition coefficient (Wildman–Crippen LogP) is 3.71. The molecule has 1 heterocycles. The van der Waals surface area contributed by atoms with Crippen molar-refractivity contribution in [2.45, 2.75) is 6.92 Å². The number of hydrogen-bond acceptors (Lipinski definition) is 1. The molecule has 0 unspecified atom stereocenters. The molecule has 3 rings (SSSR count). The molecule has 0 aliphatic carbocycles. The molecule has 1 aromatic heterocycles. The van der Waals surface area contributed by atoms with E-state index in [1.807, 2.05) is 55.5 Å². The Kier molecular flexibility index (Phi) is 3.10. The van der Waals surface area contributed by atoms with Gasteiger partial charge in [-0.1, -0.05) is 41.8 Å². The van der Waals surface area contributed by atoms with Crippen LogP contribution in [0.25, 0.3) is 10.9 Å². The number of para-hydroxylation sites is 1. The van der Waals surface area contributed by atoms with Gasteiger partial charge < -0.3 is 4.98 Å². The fourth-order valence-electron chi connectivity index (χ4n) is 2.09. The first kappa shape index (κ1) is 12.3. The fourth-order valence-corrected chi connectivity index (χ4v) is 2.09. The minimum absolute atomic E-state index is 0.164. The Morgan fingerprint density at radius 1 is 1.05 bits per heavy atom. The Balaban J connectivity index is 1.92. The topological polar surface area (TPSA) is 32.9 Å². The molecule has 0 aliphatic rings. The average molecular weight is 259 g/mol. The van der Waals surface area contributed by atoms with E-state index in [2.05, 4.69) is 16.8 Å². The zero-order valence-electron chi connectivity index (χ0n) is 11.1. The molecule has 1 N–H and O–H groups in total. The summed E-state index contributed by atoms with van der Waals surface area (Å²) in [6.45, 7) is 2.02. The van der Waals surface area contributed by atoms with Gasteiger partial charge in [0.2, 0.25) is 5.78 Å².